The first-order valence-corrected chi connectivity index (χ1v) is 12.5. The molecular formula is C29H31N8O2+. The molecule has 0 aliphatic carbocycles. The van der Waals surface area contributed by atoms with Crippen molar-refractivity contribution < 1.29 is 10.1 Å². The number of nitrogens with two attached hydrogens (primary N) is 1. The lowest BCUT2D eigenvalue weighted by Crippen LogP contribution is -2.73. The van der Waals surface area contributed by atoms with Crippen LogP contribution in [0.4, 0.5) is 11.5 Å². The van der Waals surface area contributed by atoms with Crippen LogP contribution in [0.25, 0.3) is 22.2 Å². The molecule has 10 nitrogen and oxygen atoms in total. The van der Waals surface area contributed by atoms with Gasteiger partial charge in [0.25, 0.3) is 5.56 Å². The van der Waals surface area contributed by atoms with E-state index in [1.54, 1.807) is 51.6 Å². The summed E-state index contributed by atoms with van der Waals surface area (Å²) in [6.07, 6.45) is 0. The van der Waals surface area contributed by atoms with Gasteiger partial charge in [0.05, 0.1) is 24.3 Å². The Balaban J connectivity index is 1.85. The topological polar surface area (TPSA) is 142 Å². The Morgan fingerprint density at radius 3 is 2.56 bits per heavy atom. The fourth-order valence-electron chi connectivity index (χ4n) is 4.12. The molecule has 4 aromatic rings. The monoisotopic (exact) mass is 523 g/mol. The molecule has 1 atom stereocenters. The van der Waals surface area contributed by atoms with Gasteiger partial charge in [-0.2, -0.15) is 0 Å². The van der Waals surface area contributed by atoms with Gasteiger partial charge in [0.2, 0.25) is 5.91 Å². The second-order valence-corrected chi connectivity index (χ2v) is 9.18. The molecule has 10 heteroatoms. The van der Waals surface area contributed by atoms with Gasteiger partial charge < -0.3 is 25.9 Å². The SMILES string of the molecule is CNC(C)C(=O)Nc1cc(-c2nc(C)nc(C(C)=N)c2[NH2+]C)cc(C#Cc2ccc3c(ccc(=O)n3C)c2)n1. The number of carbonyl (C=O) groups excluding carboxylic acids is 1. The molecular weight excluding hydrogens is 492 g/mol. The number of likely N-dealkylation sites (N-methyl/N-ethyl adjacent to an activating group) is 1. The van der Waals surface area contributed by atoms with Gasteiger partial charge in [-0.05, 0) is 75.5 Å². The molecule has 0 spiro atoms. The molecule has 3 aromatic heterocycles. The average molecular weight is 524 g/mol. The Labute approximate surface area is 226 Å². The van der Waals surface area contributed by atoms with Crippen molar-refractivity contribution >= 4 is 34.0 Å². The van der Waals surface area contributed by atoms with E-state index in [2.05, 4.69) is 37.4 Å². The normalized spacial score (nSPS) is 11.5. The predicted molar refractivity (Wildman–Crippen MR) is 152 cm³/mol. The number of carbonyl (C=O) groups is 1. The minimum Gasteiger partial charge on any atom is -0.312 e. The van der Waals surface area contributed by atoms with Crippen LogP contribution in [0.5, 0.6) is 0 Å². The molecule has 198 valence electrons. The Bertz CT molecular complexity index is 1730. The van der Waals surface area contributed by atoms with Gasteiger partial charge in [-0.3, -0.25) is 9.59 Å². The van der Waals surface area contributed by atoms with Crippen LogP contribution in [0.1, 0.15) is 36.6 Å². The zero-order valence-electron chi connectivity index (χ0n) is 22.8. The van der Waals surface area contributed by atoms with Gasteiger partial charge in [0.1, 0.15) is 28.7 Å². The van der Waals surface area contributed by atoms with Crippen molar-refractivity contribution in [2.45, 2.75) is 26.8 Å². The van der Waals surface area contributed by atoms with Crippen molar-refractivity contribution in [3.63, 3.8) is 0 Å². The molecule has 1 aromatic carbocycles. The summed E-state index contributed by atoms with van der Waals surface area (Å²) in [4.78, 5) is 38.3. The first-order chi connectivity index (χ1) is 18.6. The molecule has 0 aliphatic heterocycles. The molecule has 0 radical (unpaired) electrons. The Kier molecular flexibility index (Phi) is 7.95. The highest BCUT2D eigenvalue weighted by Crippen LogP contribution is 2.28. The number of benzene rings is 1. The minimum absolute atomic E-state index is 0.0745. The average Bonchev–Trinajstić information content (AvgIpc) is 2.92. The van der Waals surface area contributed by atoms with Gasteiger partial charge in [-0.15, -0.1) is 0 Å². The van der Waals surface area contributed by atoms with Crippen LogP contribution < -0.4 is 21.5 Å². The standard InChI is InChI=1S/C29H30N8O2/c1-16(30)26-28(32-5)27(34-18(3)33-26)21-14-22(35-24(15-21)36-29(39)17(2)31-4)10-7-19-8-11-23-20(13-19)9-12-25(38)37(23)6/h8-9,11-15,17,30-32H,1-6H3,(H,35,36,39)/p+1. The molecule has 0 saturated heterocycles. The third-order valence-corrected chi connectivity index (χ3v) is 6.34. The van der Waals surface area contributed by atoms with Gasteiger partial charge in [-0.1, -0.05) is 5.92 Å². The number of rotatable bonds is 6. The minimum atomic E-state index is -0.424. The maximum Gasteiger partial charge on any atom is 0.250 e. The summed E-state index contributed by atoms with van der Waals surface area (Å²) in [6, 6.07) is 12.1. The maximum absolute atomic E-state index is 12.6. The number of aryl methyl sites for hydroxylation is 2. The van der Waals surface area contributed by atoms with Crippen LogP contribution in [0.15, 0.2) is 47.3 Å². The van der Waals surface area contributed by atoms with Gasteiger partial charge in [0, 0.05) is 24.2 Å². The second-order valence-electron chi connectivity index (χ2n) is 9.18. The number of nitrogens with one attached hydrogen (secondary N) is 3. The highest BCUT2D eigenvalue weighted by Gasteiger charge is 2.21. The number of hydrogen-bond acceptors (Lipinski definition) is 7. The van der Waals surface area contributed by atoms with E-state index in [-0.39, 0.29) is 11.5 Å². The van der Waals surface area contributed by atoms with Crippen LogP contribution in [-0.4, -0.2) is 51.3 Å². The van der Waals surface area contributed by atoms with Crippen molar-refractivity contribution in [1.82, 2.24) is 24.8 Å². The molecule has 0 saturated carbocycles. The number of amides is 1. The Hall–Kier alpha value is -4.72. The predicted octanol–water partition coefficient (Wildman–Crippen LogP) is 1.86. The molecule has 1 amide bonds. The zero-order valence-corrected chi connectivity index (χ0v) is 22.8. The van der Waals surface area contributed by atoms with E-state index in [1.165, 1.54) is 6.07 Å². The largest absolute Gasteiger partial charge is 0.312 e. The molecule has 39 heavy (non-hydrogen) atoms. The maximum atomic E-state index is 12.6. The van der Waals surface area contributed by atoms with Crippen molar-refractivity contribution in [3.05, 3.63) is 75.6 Å². The molecule has 3 heterocycles. The Morgan fingerprint density at radius 1 is 1.10 bits per heavy atom. The quantitative estimate of drug-likeness (QED) is 0.224. The third kappa shape index (κ3) is 5.90. The molecule has 0 fully saturated rings. The number of aromatic nitrogens is 4. The summed E-state index contributed by atoms with van der Waals surface area (Å²) in [5, 5.41) is 16.7. The lowest BCUT2D eigenvalue weighted by Gasteiger charge is -2.13. The van der Waals surface area contributed by atoms with E-state index in [0.717, 1.165) is 22.2 Å². The summed E-state index contributed by atoms with van der Waals surface area (Å²) in [6.45, 7) is 5.23. The molecule has 5 N–H and O–H groups in total. The lowest BCUT2D eigenvalue weighted by molar-refractivity contribution is -0.539. The summed E-state index contributed by atoms with van der Waals surface area (Å²) < 4.78 is 1.59. The van der Waals surface area contributed by atoms with Crippen LogP contribution in [0.3, 0.4) is 0 Å². The van der Waals surface area contributed by atoms with Crippen LogP contribution in [0, 0.1) is 24.2 Å². The zero-order chi connectivity index (χ0) is 28.3. The first kappa shape index (κ1) is 27.3. The molecule has 0 aliphatic rings. The van der Waals surface area contributed by atoms with Gasteiger partial charge in [-0.25, -0.2) is 15.0 Å². The van der Waals surface area contributed by atoms with Crippen LogP contribution >= 0.6 is 0 Å². The van der Waals surface area contributed by atoms with E-state index >= 15 is 0 Å². The molecule has 0 bridgehead atoms. The van der Waals surface area contributed by atoms with Crippen LogP contribution in [-0.2, 0) is 11.8 Å². The van der Waals surface area contributed by atoms with E-state index in [1.807, 2.05) is 36.6 Å². The summed E-state index contributed by atoms with van der Waals surface area (Å²) in [5.41, 5.74) is 4.85. The van der Waals surface area contributed by atoms with Crippen molar-refractivity contribution in [3.8, 4) is 23.1 Å². The van der Waals surface area contributed by atoms with E-state index in [4.69, 9.17) is 5.41 Å². The third-order valence-electron chi connectivity index (χ3n) is 6.34. The van der Waals surface area contributed by atoms with Crippen molar-refractivity contribution in [2.75, 3.05) is 19.4 Å². The van der Waals surface area contributed by atoms with Crippen molar-refractivity contribution in [2.24, 2.45) is 7.05 Å². The fraction of sp³-hybridized carbons (Fsp3) is 0.241. The highest BCUT2D eigenvalue weighted by atomic mass is 16.2. The second kappa shape index (κ2) is 11.3. The van der Waals surface area contributed by atoms with Crippen molar-refractivity contribution in [1.29, 1.82) is 5.41 Å². The smallest absolute Gasteiger partial charge is 0.250 e. The van der Waals surface area contributed by atoms with E-state index in [0.29, 0.717) is 40.0 Å². The molecule has 1 unspecified atom stereocenters. The number of anilines is 1. The number of nitrogens with zero attached hydrogens (tertiary/aromatic N) is 4. The lowest BCUT2D eigenvalue weighted by atomic mass is 10.1. The van der Waals surface area contributed by atoms with E-state index < -0.39 is 6.04 Å². The summed E-state index contributed by atoms with van der Waals surface area (Å²) in [7, 11) is 5.32. The number of hydrogen-bond donors (Lipinski definition) is 4. The first-order valence-electron chi connectivity index (χ1n) is 12.5. The molecule has 4 rings (SSSR count). The highest BCUT2D eigenvalue weighted by molar-refractivity contribution is 6.00. The number of pyridine rings is 2. The summed E-state index contributed by atoms with van der Waals surface area (Å²) >= 11 is 0. The summed E-state index contributed by atoms with van der Waals surface area (Å²) in [5.74, 6) is 6.89. The van der Waals surface area contributed by atoms with E-state index in [9.17, 15) is 9.59 Å². The Morgan fingerprint density at radius 2 is 1.87 bits per heavy atom. The number of quaternary nitrogens is 1. The van der Waals surface area contributed by atoms with Gasteiger partial charge in [0.15, 0.2) is 5.69 Å². The van der Waals surface area contributed by atoms with Gasteiger partial charge >= 0.3 is 0 Å². The number of fused-ring (bicyclic) bond motifs is 1. The van der Waals surface area contributed by atoms with Crippen LogP contribution in [0.2, 0.25) is 0 Å². The fourth-order valence-corrected chi connectivity index (χ4v) is 4.12.